The van der Waals surface area contributed by atoms with Crippen LogP contribution in [0.15, 0.2) is 24.3 Å². The van der Waals surface area contributed by atoms with E-state index < -0.39 is 72.1 Å². The van der Waals surface area contributed by atoms with Gasteiger partial charge in [0.15, 0.2) is 0 Å². The first-order chi connectivity index (χ1) is 27.1. The van der Waals surface area contributed by atoms with Gasteiger partial charge in [-0.15, -0.1) is 0 Å². The van der Waals surface area contributed by atoms with Crippen molar-refractivity contribution in [2.75, 3.05) is 33.1 Å². The number of methoxy groups -OCH3 is 1. The van der Waals surface area contributed by atoms with E-state index in [1.54, 1.807) is 72.9 Å². The molecule has 0 spiro atoms. The third-order valence-electron chi connectivity index (χ3n) is 10.2. The summed E-state index contributed by atoms with van der Waals surface area (Å²) in [7, 11) is 4.53. The number of anilines is 1. The van der Waals surface area contributed by atoms with E-state index in [-0.39, 0.29) is 55.6 Å². The van der Waals surface area contributed by atoms with E-state index in [0.29, 0.717) is 24.1 Å². The van der Waals surface area contributed by atoms with E-state index in [1.807, 2.05) is 13.8 Å². The Balaban J connectivity index is 3.05. The fraction of sp³-hybridized carbons (Fsp3) is 0.675. The maximum Gasteiger partial charge on any atom is 0.410 e. The number of benzene rings is 1. The van der Waals surface area contributed by atoms with Crippen molar-refractivity contribution >= 4 is 47.3 Å². The zero-order valence-corrected chi connectivity index (χ0v) is 36.1. The number of carbonyl (C=O) groups is 7. The first kappa shape index (κ1) is 51.0. The molecule has 18 heteroatoms. The molecule has 1 aromatic rings. The average molecular weight is 820 g/mol. The van der Waals surface area contributed by atoms with Crippen LogP contribution in [0, 0.1) is 23.7 Å². The van der Waals surface area contributed by atoms with Gasteiger partial charge in [0.1, 0.15) is 24.7 Å². The quantitative estimate of drug-likeness (QED) is 0.0746. The van der Waals surface area contributed by atoms with E-state index in [4.69, 9.17) is 26.7 Å². The van der Waals surface area contributed by atoms with Crippen LogP contribution in [0.5, 0.6) is 0 Å². The third-order valence-corrected chi connectivity index (χ3v) is 10.2. The Hall–Kier alpha value is -4.97. The zero-order chi connectivity index (χ0) is 44.4. The van der Waals surface area contributed by atoms with Gasteiger partial charge in [-0.3, -0.25) is 28.9 Å². The Kier molecular flexibility index (Phi) is 21.8. The third kappa shape index (κ3) is 16.1. The number of hydrogen-bond acceptors (Lipinski definition) is 10. The van der Waals surface area contributed by atoms with Crippen LogP contribution in [0.25, 0.3) is 0 Å². The van der Waals surface area contributed by atoms with Crippen molar-refractivity contribution in [1.29, 1.82) is 0 Å². The number of amides is 8. The van der Waals surface area contributed by atoms with E-state index >= 15 is 0 Å². The first-order valence-corrected chi connectivity index (χ1v) is 19.8. The minimum Gasteiger partial charge on any atom is -0.445 e. The molecule has 0 aliphatic heterocycles. The number of ether oxygens (including phenoxy) is 2. The Morgan fingerprint density at radius 2 is 1.40 bits per heavy atom. The number of nitrogens with two attached hydrogens (primary N) is 3. The highest BCUT2D eigenvalue weighted by Crippen LogP contribution is 2.24. The minimum absolute atomic E-state index is 0.0588. The summed E-state index contributed by atoms with van der Waals surface area (Å²) in [5, 5.41) is 10.8. The van der Waals surface area contributed by atoms with Crippen LogP contribution in [0.2, 0.25) is 0 Å². The molecule has 0 aliphatic rings. The summed E-state index contributed by atoms with van der Waals surface area (Å²) in [5.74, 6) is -3.36. The van der Waals surface area contributed by atoms with Crippen molar-refractivity contribution in [3.63, 3.8) is 0 Å². The van der Waals surface area contributed by atoms with Crippen LogP contribution in [0.4, 0.5) is 15.3 Å². The van der Waals surface area contributed by atoms with Gasteiger partial charge in [-0.1, -0.05) is 73.9 Å². The van der Waals surface area contributed by atoms with Crippen LogP contribution in [0.3, 0.4) is 0 Å². The Labute approximate surface area is 343 Å². The highest BCUT2D eigenvalue weighted by atomic mass is 16.6. The topological polar surface area (TPSA) is 271 Å². The molecule has 0 radical (unpaired) electrons. The SMILES string of the molecule is CC[C@H](C)C([C@@H](CC(N)=O)OC)N(C)C(=O)[C@@H](NC(=O)[C@H](C(C)C)N(C)C(=O)OCc1ccc(NC(=O)[C@H](CCCNC(N)=O)NC(=O)[C@@H](N)C(C)C)cc1)C(C)C. The normalized spacial score (nSPS) is 14.9. The van der Waals surface area contributed by atoms with E-state index in [2.05, 4.69) is 21.3 Å². The number of likely N-dealkylation sites (N-methyl/N-ethyl adjacent to an activating group) is 2. The fourth-order valence-electron chi connectivity index (χ4n) is 6.46. The van der Waals surface area contributed by atoms with Gasteiger partial charge in [0, 0.05) is 33.4 Å². The highest BCUT2D eigenvalue weighted by molar-refractivity contribution is 5.98. The molecular weight excluding hydrogens is 750 g/mol. The maximum absolute atomic E-state index is 14.0. The van der Waals surface area contributed by atoms with Crippen LogP contribution in [0.1, 0.15) is 86.6 Å². The lowest BCUT2D eigenvalue weighted by molar-refractivity contribution is -0.144. The van der Waals surface area contributed by atoms with Gasteiger partial charge in [-0.05, 0) is 54.2 Å². The number of carbonyl (C=O) groups excluding carboxylic acids is 7. The second-order valence-corrected chi connectivity index (χ2v) is 15.8. The monoisotopic (exact) mass is 820 g/mol. The average Bonchev–Trinajstić information content (AvgIpc) is 3.15. The standard InChI is InChI=1S/C40H69N9O9/c1-12-25(8)34(29(57-11)20-30(41)50)48(9)38(54)32(23(4)5)47-37(53)33(24(6)7)49(10)40(56)58-21-26-15-17-27(18-16-26)45-35(51)28(14-13-19-44-39(43)55)46-36(52)31(42)22(2)3/h15-18,22-25,28-29,31-34H,12-14,19-21,42H2,1-11H3,(H2,41,50)(H,45,51)(H,46,52)(H,47,53)(H3,43,44,55)/t25-,28-,29+,31-,32-,33-,34?/m0/s1. The fourth-order valence-corrected chi connectivity index (χ4v) is 6.46. The lowest BCUT2D eigenvalue weighted by Gasteiger charge is -2.40. The zero-order valence-electron chi connectivity index (χ0n) is 36.1. The van der Waals surface area contributed by atoms with E-state index in [9.17, 15) is 33.6 Å². The van der Waals surface area contributed by atoms with Gasteiger partial charge < -0.3 is 52.8 Å². The summed E-state index contributed by atoms with van der Waals surface area (Å²) in [6, 6.07) is 1.60. The van der Waals surface area contributed by atoms with Gasteiger partial charge in [-0.25, -0.2) is 9.59 Å². The summed E-state index contributed by atoms with van der Waals surface area (Å²) in [6.07, 6.45) is -0.250. The predicted octanol–water partition coefficient (Wildman–Crippen LogP) is 2.04. The Morgan fingerprint density at radius 1 is 0.793 bits per heavy atom. The molecule has 10 N–H and O–H groups in total. The second-order valence-electron chi connectivity index (χ2n) is 15.8. The largest absolute Gasteiger partial charge is 0.445 e. The predicted molar refractivity (Wildman–Crippen MR) is 221 cm³/mol. The molecule has 0 heterocycles. The molecule has 1 unspecified atom stereocenters. The summed E-state index contributed by atoms with van der Waals surface area (Å²) in [5.41, 5.74) is 17.6. The van der Waals surface area contributed by atoms with Gasteiger partial charge >= 0.3 is 12.1 Å². The van der Waals surface area contributed by atoms with Crippen LogP contribution in [-0.4, -0.2) is 116 Å². The van der Waals surface area contributed by atoms with Crippen molar-refractivity contribution in [3.8, 4) is 0 Å². The number of urea groups is 1. The number of nitrogens with one attached hydrogen (secondary N) is 4. The van der Waals surface area contributed by atoms with Gasteiger partial charge in [0.05, 0.1) is 24.6 Å². The molecular formula is C40H69N9O9. The van der Waals surface area contributed by atoms with E-state index in [1.165, 1.54) is 24.0 Å². The molecule has 18 nitrogen and oxygen atoms in total. The number of nitrogens with zero attached hydrogens (tertiary/aromatic N) is 2. The lowest BCUT2D eigenvalue weighted by Crippen LogP contribution is -2.60. The molecule has 7 atom stereocenters. The van der Waals surface area contributed by atoms with Gasteiger partial charge in [0.25, 0.3) is 0 Å². The molecule has 0 saturated heterocycles. The van der Waals surface area contributed by atoms with Crippen molar-refractivity contribution in [2.45, 2.75) is 124 Å². The number of rotatable bonds is 24. The van der Waals surface area contributed by atoms with Crippen LogP contribution in [-0.2, 0) is 40.1 Å². The molecule has 58 heavy (non-hydrogen) atoms. The highest BCUT2D eigenvalue weighted by Gasteiger charge is 2.39. The first-order valence-electron chi connectivity index (χ1n) is 19.8. The molecule has 1 rings (SSSR count). The van der Waals surface area contributed by atoms with Crippen molar-refractivity contribution in [2.24, 2.45) is 40.9 Å². The molecule has 0 saturated carbocycles. The van der Waals surface area contributed by atoms with Gasteiger partial charge in [-0.2, -0.15) is 0 Å². The van der Waals surface area contributed by atoms with Gasteiger partial charge in [0.2, 0.25) is 29.5 Å². The molecule has 0 fully saturated rings. The number of primary amides is 2. The van der Waals surface area contributed by atoms with E-state index in [0.717, 1.165) is 0 Å². The lowest BCUT2D eigenvalue weighted by atomic mass is 9.89. The smallest absolute Gasteiger partial charge is 0.410 e. The molecule has 0 bridgehead atoms. The molecule has 1 aromatic carbocycles. The van der Waals surface area contributed by atoms with Crippen molar-refractivity contribution in [1.82, 2.24) is 25.8 Å². The second kappa shape index (κ2) is 24.7. The molecule has 328 valence electrons. The maximum atomic E-state index is 14.0. The Bertz CT molecular complexity index is 1520. The van der Waals surface area contributed by atoms with Crippen LogP contribution >= 0.6 is 0 Å². The summed E-state index contributed by atoms with van der Waals surface area (Å²) in [6.45, 7) is 14.7. The summed E-state index contributed by atoms with van der Waals surface area (Å²) in [4.78, 5) is 92.6. The molecule has 8 amide bonds. The van der Waals surface area contributed by atoms with Crippen molar-refractivity contribution in [3.05, 3.63) is 29.8 Å². The van der Waals surface area contributed by atoms with Crippen LogP contribution < -0.4 is 38.5 Å². The molecule has 0 aromatic heterocycles. The van der Waals surface area contributed by atoms with Crippen molar-refractivity contribution < 1.29 is 43.0 Å². The molecule has 0 aliphatic carbocycles. The number of hydrogen-bond donors (Lipinski definition) is 7. The minimum atomic E-state index is -0.994. The Morgan fingerprint density at radius 3 is 1.88 bits per heavy atom. The summed E-state index contributed by atoms with van der Waals surface area (Å²) < 4.78 is 11.2. The summed E-state index contributed by atoms with van der Waals surface area (Å²) >= 11 is 0.